The molecule has 0 unspecified atom stereocenters. The molecule has 1 heterocycles. The van der Waals surface area contributed by atoms with Crippen molar-refractivity contribution in [3.05, 3.63) is 64.7 Å². The maximum Gasteiger partial charge on any atom is 0.256 e. The third-order valence-electron chi connectivity index (χ3n) is 3.02. The number of aromatic hydroxyl groups is 1. The minimum absolute atomic E-state index is 0.0548. The number of rotatable bonds is 1. The molecule has 0 atom stereocenters. The van der Waals surface area contributed by atoms with Gasteiger partial charge in [-0.25, -0.2) is 4.39 Å². The highest BCUT2D eigenvalue weighted by molar-refractivity contribution is 5.92. The summed E-state index contributed by atoms with van der Waals surface area (Å²) < 4.78 is 13.1. The SMILES string of the molecule is O=c1[nH]c(-c2ccccc2)c(O)c2ccc(F)cc12. The average molecular weight is 255 g/mol. The summed E-state index contributed by atoms with van der Waals surface area (Å²) in [4.78, 5) is 14.5. The number of nitrogens with one attached hydrogen (secondary N) is 1. The molecule has 0 aliphatic heterocycles. The molecule has 0 saturated heterocycles. The second-order valence-corrected chi connectivity index (χ2v) is 4.23. The Morgan fingerprint density at radius 2 is 1.74 bits per heavy atom. The summed E-state index contributed by atoms with van der Waals surface area (Å²) in [6.45, 7) is 0. The molecule has 0 spiro atoms. The number of aromatic nitrogens is 1. The van der Waals surface area contributed by atoms with Gasteiger partial charge in [0.2, 0.25) is 0 Å². The smallest absolute Gasteiger partial charge is 0.256 e. The number of hydrogen-bond donors (Lipinski definition) is 2. The van der Waals surface area contributed by atoms with Gasteiger partial charge in [0.25, 0.3) is 5.56 Å². The van der Waals surface area contributed by atoms with Gasteiger partial charge in [0, 0.05) is 10.9 Å². The summed E-state index contributed by atoms with van der Waals surface area (Å²) in [7, 11) is 0. The summed E-state index contributed by atoms with van der Waals surface area (Å²) in [5, 5.41) is 10.7. The zero-order chi connectivity index (χ0) is 13.4. The molecule has 4 heteroatoms. The Bertz CT molecular complexity index is 809. The average Bonchev–Trinajstić information content (AvgIpc) is 2.43. The Balaban J connectivity index is 2.38. The summed E-state index contributed by atoms with van der Waals surface area (Å²) in [6, 6.07) is 12.8. The summed E-state index contributed by atoms with van der Waals surface area (Å²) in [5.41, 5.74) is 0.610. The van der Waals surface area contributed by atoms with Crippen molar-refractivity contribution in [2.45, 2.75) is 0 Å². The van der Waals surface area contributed by atoms with E-state index in [9.17, 15) is 14.3 Å². The summed E-state index contributed by atoms with van der Waals surface area (Å²) in [6.07, 6.45) is 0. The van der Waals surface area contributed by atoms with Crippen molar-refractivity contribution < 1.29 is 9.50 Å². The molecule has 2 aromatic carbocycles. The number of pyridine rings is 1. The van der Waals surface area contributed by atoms with E-state index < -0.39 is 11.4 Å². The van der Waals surface area contributed by atoms with Crippen molar-refractivity contribution in [1.29, 1.82) is 0 Å². The van der Waals surface area contributed by atoms with Crippen molar-refractivity contribution in [3.63, 3.8) is 0 Å². The Morgan fingerprint density at radius 1 is 1.00 bits per heavy atom. The summed E-state index contributed by atoms with van der Waals surface area (Å²) in [5.74, 6) is -0.564. The van der Waals surface area contributed by atoms with Gasteiger partial charge in [0.15, 0.2) is 0 Å². The van der Waals surface area contributed by atoms with E-state index in [4.69, 9.17) is 0 Å². The molecule has 2 N–H and O–H groups in total. The lowest BCUT2D eigenvalue weighted by atomic mass is 10.1. The Labute approximate surface area is 108 Å². The molecule has 0 aliphatic rings. The molecule has 0 saturated carbocycles. The first kappa shape index (κ1) is 11.5. The number of H-pyrrole nitrogens is 1. The Kier molecular flexibility index (Phi) is 2.56. The van der Waals surface area contributed by atoms with E-state index in [1.165, 1.54) is 12.1 Å². The first-order valence-electron chi connectivity index (χ1n) is 5.77. The first-order chi connectivity index (χ1) is 9.16. The van der Waals surface area contributed by atoms with Crippen LogP contribution in [0.2, 0.25) is 0 Å². The second kappa shape index (κ2) is 4.24. The Hall–Kier alpha value is -2.62. The van der Waals surface area contributed by atoms with Gasteiger partial charge in [-0.1, -0.05) is 30.3 Å². The molecular formula is C15H10FNO2. The van der Waals surface area contributed by atoms with Gasteiger partial charge in [-0.15, -0.1) is 0 Å². The van der Waals surface area contributed by atoms with Crippen LogP contribution in [-0.4, -0.2) is 10.1 Å². The van der Waals surface area contributed by atoms with E-state index in [0.717, 1.165) is 6.07 Å². The lowest BCUT2D eigenvalue weighted by Gasteiger charge is -2.07. The monoisotopic (exact) mass is 255 g/mol. The van der Waals surface area contributed by atoms with Crippen LogP contribution in [0, 0.1) is 5.82 Å². The number of fused-ring (bicyclic) bond motifs is 1. The van der Waals surface area contributed by atoms with Gasteiger partial charge in [-0.2, -0.15) is 0 Å². The highest BCUT2D eigenvalue weighted by Gasteiger charge is 2.12. The van der Waals surface area contributed by atoms with Crippen molar-refractivity contribution in [2.75, 3.05) is 0 Å². The van der Waals surface area contributed by atoms with Crippen molar-refractivity contribution >= 4 is 10.8 Å². The van der Waals surface area contributed by atoms with Crippen molar-refractivity contribution in [2.24, 2.45) is 0 Å². The van der Waals surface area contributed by atoms with Crippen LogP contribution in [0.1, 0.15) is 0 Å². The molecule has 3 aromatic rings. The van der Waals surface area contributed by atoms with Crippen LogP contribution in [0.25, 0.3) is 22.0 Å². The van der Waals surface area contributed by atoms with E-state index in [1.807, 2.05) is 18.2 Å². The first-order valence-corrected chi connectivity index (χ1v) is 5.77. The fraction of sp³-hybridized carbons (Fsp3) is 0. The van der Waals surface area contributed by atoms with Gasteiger partial charge in [-0.3, -0.25) is 4.79 Å². The van der Waals surface area contributed by atoms with Gasteiger partial charge in [0.05, 0.1) is 11.1 Å². The molecule has 0 radical (unpaired) electrons. The zero-order valence-electron chi connectivity index (χ0n) is 9.85. The maximum atomic E-state index is 13.1. The van der Waals surface area contributed by atoms with Crippen LogP contribution in [-0.2, 0) is 0 Å². The fourth-order valence-electron chi connectivity index (χ4n) is 2.10. The zero-order valence-corrected chi connectivity index (χ0v) is 9.85. The second-order valence-electron chi connectivity index (χ2n) is 4.23. The van der Waals surface area contributed by atoms with Gasteiger partial charge in [-0.05, 0) is 18.2 Å². The van der Waals surface area contributed by atoms with Crippen LogP contribution in [0.4, 0.5) is 4.39 Å². The summed E-state index contributed by atoms with van der Waals surface area (Å²) >= 11 is 0. The van der Waals surface area contributed by atoms with Crippen LogP contribution >= 0.6 is 0 Å². The highest BCUT2D eigenvalue weighted by Crippen LogP contribution is 2.32. The molecule has 19 heavy (non-hydrogen) atoms. The molecule has 94 valence electrons. The Morgan fingerprint density at radius 3 is 2.47 bits per heavy atom. The van der Waals surface area contributed by atoms with Crippen LogP contribution in [0.3, 0.4) is 0 Å². The predicted molar refractivity (Wildman–Crippen MR) is 71.6 cm³/mol. The van der Waals surface area contributed by atoms with E-state index in [1.54, 1.807) is 12.1 Å². The van der Waals surface area contributed by atoms with E-state index in [-0.39, 0.29) is 11.1 Å². The van der Waals surface area contributed by atoms with Crippen molar-refractivity contribution in [3.8, 4) is 17.0 Å². The van der Waals surface area contributed by atoms with E-state index >= 15 is 0 Å². The number of benzene rings is 2. The minimum atomic E-state index is -0.509. The minimum Gasteiger partial charge on any atom is -0.505 e. The fourth-order valence-corrected chi connectivity index (χ4v) is 2.10. The van der Waals surface area contributed by atoms with Crippen LogP contribution < -0.4 is 5.56 Å². The van der Waals surface area contributed by atoms with E-state index in [2.05, 4.69) is 4.98 Å². The quantitative estimate of drug-likeness (QED) is 0.702. The number of hydrogen-bond acceptors (Lipinski definition) is 2. The number of aromatic amines is 1. The van der Waals surface area contributed by atoms with Gasteiger partial charge >= 0.3 is 0 Å². The molecule has 1 aromatic heterocycles. The standard InChI is InChI=1S/C15H10FNO2/c16-10-6-7-11-12(8-10)15(19)17-13(14(11)18)9-4-2-1-3-5-9/h1-8,18H,(H,17,19). The molecule has 0 bridgehead atoms. The molecule has 0 aliphatic carbocycles. The largest absolute Gasteiger partial charge is 0.505 e. The number of halogens is 1. The molecule has 3 rings (SSSR count). The van der Waals surface area contributed by atoms with E-state index in [0.29, 0.717) is 16.6 Å². The highest BCUT2D eigenvalue weighted by atomic mass is 19.1. The third-order valence-corrected chi connectivity index (χ3v) is 3.02. The lowest BCUT2D eigenvalue weighted by Crippen LogP contribution is -2.08. The lowest BCUT2D eigenvalue weighted by molar-refractivity contribution is 0.481. The molecule has 0 fully saturated rings. The van der Waals surface area contributed by atoms with Gasteiger partial charge in [0.1, 0.15) is 11.6 Å². The maximum absolute atomic E-state index is 13.1. The van der Waals surface area contributed by atoms with Crippen LogP contribution in [0.15, 0.2) is 53.3 Å². The van der Waals surface area contributed by atoms with Crippen molar-refractivity contribution in [1.82, 2.24) is 4.98 Å². The van der Waals surface area contributed by atoms with Gasteiger partial charge < -0.3 is 10.1 Å². The molecular weight excluding hydrogens is 245 g/mol. The third kappa shape index (κ3) is 1.87. The topological polar surface area (TPSA) is 53.1 Å². The normalized spacial score (nSPS) is 10.8. The predicted octanol–water partition coefficient (Wildman–Crippen LogP) is 3.04. The molecule has 0 amide bonds. The molecule has 3 nitrogen and oxygen atoms in total. The van der Waals surface area contributed by atoms with Crippen LogP contribution in [0.5, 0.6) is 5.75 Å².